The minimum Gasteiger partial charge on any atom is -0.394 e. The lowest BCUT2D eigenvalue weighted by Crippen LogP contribution is -2.30. The molecule has 0 aliphatic rings. The van der Waals surface area contributed by atoms with Gasteiger partial charge in [-0.2, -0.15) is 5.26 Å². The van der Waals surface area contributed by atoms with Crippen LogP contribution in [0.2, 0.25) is 0 Å². The van der Waals surface area contributed by atoms with Crippen LogP contribution in [0.1, 0.15) is 5.56 Å². The molecule has 2 N–H and O–H groups in total. The number of aromatic nitrogens is 1. The first-order valence-electron chi connectivity index (χ1n) is 6.65. The zero-order valence-electron chi connectivity index (χ0n) is 11.9. The van der Waals surface area contributed by atoms with Gasteiger partial charge in [0, 0.05) is 12.1 Å². The molecule has 0 amide bonds. The molecule has 0 fully saturated rings. The molecule has 2 rings (SSSR count). The van der Waals surface area contributed by atoms with Crippen LogP contribution in [0.5, 0.6) is 0 Å². The molecule has 0 aliphatic heterocycles. The molecule has 0 bridgehead atoms. The summed E-state index contributed by atoms with van der Waals surface area (Å²) in [7, 11) is 0. The molecule has 2 aromatic rings. The monoisotopic (exact) mass is 315 g/mol. The lowest BCUT2D eigenvalue weighted by Gasteiger charge is -2.16. The number of benzene rings is 1. The van der Waals surface area contributed by atoms with Gasteiger partial charge in [-0.15, -0.1) is 0 Å². The Morgan fingerprint density at radius 2 is 1.91 bits per heavy atom. The van der Waals surface area contributed by atoms with Crippen molar-refractivity contribution in [2.45, 2.75) is 12.6 Å². The molecule has 1 aromatic heterocycles. The largest absolute Gasteiger partial charge is 0.394 e. The van der Waals surface area contributed by atoms with Crippen LogP contribution >= 0.6 is 0 Å². The lowest BCUT2D eigenvalue weighted by molar-refractivity contribution is -0.384. The molecular weight excluding hydrogens is 302 g/mol. The third kappa shape index (κ3) is 3.42. The number of nitro groups is 1. The number of aliphatic hydroxyl groups is 2. The third-order valence-corrected chi connectivity index (χ3v) is 3.27. The maximum Gasteiger partial charge on any atom is 0.269 e. The fraction of sp³-hybridized carbons (Fsp3) is 0.200. The van der Waals surface area contributed by atoms with Crippen molar-refractivity contribution in [3.63, 3.8) is 0 Å². The number of pyridine rings is 1. The van der Waals surface area contributed by atoms with Crippen molar-refractivity contribution in [3.8, 4) is 17.3 Å². The van der Waals surface area contributed by atoms with Crippen molar-refractivity contribution in [2.24, 2.45) is 0 Å². The normalized spacial score (nSPS) is 11.7. The predicted octanol–water partition coefficient (Wildman–Crippen LogP) is 0.648. The minimum absolute atomic E-state index is 0.0910. The van der Waals surface area contributed by atoms with E-state index in [9.17, 15) is 20.0 Å². The van der Waals surface area contributed by atoms with E-state index in [1.807, 2.05) is 0 Å². The summed E-state index contributed by atoms with van der Waals surface area (Å²) in [4.78, 5) is 22.4. The maximum atomic E-state index is 12.3. The molecule has 1 atom stereocenters. The molecule has 23 heavy (non-hydrogen) atoms. The first-order valence-corrected chi connectivity index (χ1v) is 6.65. The summed E-state index contributed by atoms with van der Waals surface area (Å²) in [6.07, 6.45) is -1.17. The van der Waals surface area contributed by atoms with E-state index in [4.69, 9.17) is 10.4 Å². The van der Waals surface area contributed by atoms with Gasteiger partial charge in [0.2, 0.25) is 0 Å². The first kappa shape index (κ1) is 16.4. The highest BCUT2D eigenvalue weighted by Crippen LogP contribution is 2.22. The fourth-order valence-electron chi connectivity index (χ4n) is 2.12. The number of hydrogen-bond acceptors (Lipinski definition) is 6. The summed E-state index contributed by atoms with van der Waals surface area (Å²) in [5.74, 6) is 0. The highest BCUT2D eigenvalue weighted by atomic mass is 16.6. The molecule has 1 heterocycles. The summed E-state index contributed by atoms with van der Waals surface area (Å²) in [5, 5.41) is 38.2. The van der Waals surface area contributed by atoms with Gasteiger partial charge in [0.15, 0.2) is 0 Å². The van der Waals surface area contributed by atoms with Crippen LogP contribution in [-0.4, -0.2) is 32.4 Å². The van der Waals surface area contributed by atoms with E-state index in [2.05, 4.69) is 0 Å². The second kappa shape index (κ2) is 6.83. The van der Waals surface area contributed by atoms with Gasteiger partial charge in [0.05, 0.1) is 29.9 Å². The maximum absolute atomic E-state index is 12.3. The van der Waals surface area contributed by atoms with Gasteiger partial charge in [-0.25, -0.2) is 0 Å². The van der Waals surface area contributed by atoms with Crippen molar-refractivity contribution in [3.05, 3.63) is 62.4 Å². The minimum atomic E-state index is -1.17. The molecule has 0 aliphatic carbocycles. The van der Waals surface area contributed by atoms with Crippen molar-refractivity contribution in [2.75, 3.05) is 6.61 Å². The van der Waals surface area contributed by atoms with E-state index < -0.39 is 23.2 Å². The van der Waals surface area contributed by atoms with Crippen LogP contribution in [0, 0.1) is 21.4 Å². The second-order valence-corrected chi connectivity index (χ2v) is 4.80. The summed E-state index contributed by atoms with van der Waals surface area (Å²) in [6, 6.07) is 10.2. The Kier molecular flexibility index (Phi) is 4.85. The van der Waals surface area contributed by atoms with Crippen LogP contribution in [0.4, 0.5) is 5.69 Å². The number of nitrogens with zero attached hydrogens (tertiary/aromatic N) is 3. The Labute approximate surface area is 130 Å². The summed E-state index contributed by atoms with van der Waals surface area (Å²) in [5.41, 5.74) is 0.113. The summed E-state index contributed by atoms with van der Waals surface area (Å²) >= 11 is 0. The molecule has 0 radical (unpaired) electrons. The standard InChI is InChI=1S/C15H13N3O5/c16-7-11-3-6-14(17(15(11)21)8-13(20)9-19)10-1-4-12(5-2-10)18(22)23/h1-6,13,19-20H,8-9H2. The quantitative estimate of drug-likeness (QED) is 0.615. The smallest absolute Gasteiger partial charge is 0.269 e. The van der Waals surface area contributed by atoms with Gasteiger partial charge in [0.25, 0.3) is 11.2 Å². The second-order valence-electron chi connectivity index (χ2n) is 4.80. The molecule has 0 saturated heterocycles. The van der Waals surface area contributed by atoms with E-state index in [0.717, 1.165) is 0 Å². The molecule has 0 saturated carbocycles. The molecule has 8 nitrogen and oxygen atoms in total. The third-order valence-electron chi connectivity index (χ3n) is 3.27. The van der Waals surface area contributed by atoms with Crippen molar-refractivity contribution >= 4 is 5.69 Å². The average molecular weight is 315 g/mol. The molecular formula is C15H13N3O5. The number of hydrogen-bond donors (Lipinski definition) is 2. The van der Waals surface area contributed by atoms with Gasteiger partial charge in [-0.3, -0.25) is 14.9 Å². The number of aliphatic hydroxyl groups excluding tert-OH is 2. The summed E-state index contributed by atoms with van der Waals surface area (Å²) in [6.45, 7) is -0.736. The van der Waals surface area contributed by atoms with Gasteiger partial charge < -0.3 is 14.8 Å². The van der Waals surface area contributed by atoms with Crippen molar-refractivity contribution in [1.82, 2.24) is 4.57 Å². The Hall–Kier alpha value is -3.02. The first-order chi connectivity index (χ1) is 11.0. The topological polar surface area (TPSA) is 129 Å². The van der Waals surface area contributed by atoms with Crippen molar-refractivity contribution < 1.29 is 15.1 Å². The number of rotatable bonds is 5. The Morgan fingerprint density at radius 3 is 2.43 bits per heavy atom. The fourth-order valence-corrected chi connectivity index (χ4v) is 2.12. The van der Waals surface area contributed by atoms with E-state index in [0.29, 0.717) is 11.3 Å². The summed E-state index contributed by atoms with van der Waals surface area (Å²) < 4.78 is 1.17. The Bertz CT molecular complexity index is 820. The zero-order chi connectivity index (χ0) is 17.0. The zero-order valence-corrected chi connectivity index (χ0v) is 11.9. The molecule has 0 spiro atoms. The van der Waals surface area contributed by atoms with E-state index >= 15 is 0 Å². The SMILES string of the molecule is N#Cc1ccc(-c2ccc([N+](=O)[O-])cc2)n(CC(O)CO)c1=O. The molecule has 8 heteroatoms. The van der Waals surface area contributed by atoms with Gasteiger partial charge in [0.1, 0.15) is 11.6 Å². The Morgan fingerprint density at radius 1 is 1.26 bits per heavy atom. The van der Waals surface area contributed by atoms with Crippen LogP contribution in [0.15, 0.2) is 41.2 Å². The average Bonchev–Trinajstić information content (AvgIpc) is 2.56. The number of nitro benzene ring substituents is 1. The van der Waals surface area contributed by atoms with Crippen LogP contribution < -0.4 is 5.56 Å². The van der Waals surface area contributed by atoms with Crippen LogP contribution in [0.25, 0.3) is 11.3 Å². The Balaban J connectivity index is 2.57. The van der Waals surface area contributed by atoms with E-state index in [1.165, 1.54) is 41.0 Å². The molecule has 1 aromatic carbocycles. The van der Waals surface area contributed by atoms with Crippen LogP contribution in [0.3, 0.4) is 0 Å². The highest BCUT2D eigenvalue weighted by molar-refractivity contribution is 5.62. The molecule has 118 valence electrons. The van der Waals surface area contributed by atoms with Gasteiger partial charge in [-0.1, -0.05) is 0 Å². The van der Waals surface area contributed by atoms with Crippen molar-refractivity contribution in [1.29, 1.82) is 5.26 Å². The van der Waals surface area contributed by atoms with E-state index in [1.54, 1.807) is 6.07 Å². The molecule has 1 unspecified atom stereocenters. The predicted molar refractivity (Wildman–Crippen MR) is 80.6 cm³/mol. The van der Waals surface area contributed by atoms with Gasteiger partial charge in [-0.05, 0) is 29.8 Å². The van der Waals surface area contributed by atoms with Crippen LogP contribution in [-0.2, 0) is 6.54 Å². The van der Waals surface area contributed by atoms with Gasteiger partial charge >= 0.3 is 0 Å². The number of nitriles is 1. The highest BCUT2D eigenvalue weighted by Gasteiger charge is 2.14. The lowest BCUT2D eigenvalue weighted by atomic mass is 10.1. The van der Waals surface area contributed by atoms with E-state index in [-0.39, 0.29) is 17.8 Å². The number of non-ortho nitro benzene ring substituents is 1.